The Kier molecular flexibility index (Phi) is 6.74. The molecule has 0 radical (unpaired) electrons. The molecule has 7 nitrogen and oxygen atoms in total. The molecule has 0 fully saturated rings. The van der Waals surface area contributed by atoms with E-state index in [1.165, 1.54) is 23.1 Å². The predicted molar refractivity (Wildman–Crippen MR) is 125 cm³/mol. The fourth-order valence-electron chi connectivity index (χ4n) is 2.98. The molecule has 4 aromatic rings. The molecule has 1 N–H and O–H groups in total. The van der Waals surface area contributed by atoms with Crippen molar-refractivity contribution >= 4 is 56.0 Å². The van der Waals surface area contributed by atoms with Crippen LogP contribution in [0.25, 0.3) is 10.2 Å². The van der Waals surface area contributed by atoms with Gasteiger partial charge in [0.05, 0.1) is 16.0 Å². The lowest BCUT2D eigenvalue weighted by Gasteiger charge is -2.10. The zero-order chi connectivity index (χ0) is 21.8. The molecule has 0 atom stereocenters. The number of ether oxygens (including phenoxy) is 1. The van der Waals surface area contributed by atoms with Crippen molar-refractivity contribution in [1.29, 1.82) is 0 Å². The highest BCUT2D eigenvalue weighted by molar-refractivity contribution is 7.99. The molecule has 0 bridgehead atoms. The standard InChI is InChI=1S/C21H20ClN5O2S2/c1-3-27-18(11-29-16-9-8-14(22)10-13(16)2)25-26-21(27)30-12-19(28)24-20-23-15-6-4-5-7-17(15)31-20/h4-10H,3,11-12H2,1-2H3,(H,23,24,28). The molecular weight excluding hydrogens is 454 g/mol. The van der Waals surface area contributed by atoms with Crippen molar-refractivity contribution in [2.45, 2.75) is 32.2 Å². The lowest BCUT2D eigenvalue weighted by molar-refractivity contribution is -0.113. The fraction of sp³-hybridized carbons (Fsp3) is 0.238. The van der Waals surface area contributed by atoms with Crippen molar-refractivity contribution in [1.82, 2.24) is 19.7 Å². The maximum absolute atomic E-state index is 12.4. The van der Waals surface area contributed by atoms with E-state index in [0.717, 1.165) is 21.5 Å². The first kappa shape index (κ1) is 21.6. The molecule has 10 heteroatoms. The summed E-state index contributed by atoms with van der Waals surface area (Å²) in [5.41, 5.74) is 1.83. The minimum Gasteiger partial charge on any atom is -0.485 e. The number of amides is 1. The van der Waals surface area contributed by atoms with Crippen LogP contribution in [-0.4, -0.2) is 31.4 Å². The largest absolute Gasteiger partial charge is 0.485 e. The molecule has 2 heterocycles. The third-order valence-corrected chi connectivity index (χ3v) is 6.63. The number of halogens is 1. The molecule has 2 aromatic heterocycles. The number of anilines is 1. The molecule has 31 heavy (non-hydrogen) atoms. The Balaban J connectivity index is 1.36. The molecule has 1 amide bonds. The third kappa shape index (κ3) is 5.17. The summed E-state index contributed by atoms with van der Waals surface area (Å²) in [6.45, 7) is 4.90. The topological polar surface area (TPSA) is 81.9 Å². The second-order valence-corrected chi connectivity index (χ2v) is 9.07. The highest BCUT2D eigenvalue weighted by atomic mass is 35.5. The number of thiazole rings is 1. The number of aryl methyl sites for hydroxylation is 1. The van der Waals surface area contributed by atoms with E-state index in [2.05, 4.69) is 20.5 Å². The lowest BCUT2D eigenvalue weighted by Crippen LogP contribution is -2.14. The number of hydrogen-bond acceptors (Lipinski definition) is 7. The van der Waals surface area contributed by atoms with Crippen LogP contribution in [0, 0.1) is 6.92 Å². The molecule has 0 spiro atoms. The van der Waals surface area contributed by atoms with Gasteiger partial charge in [0.15, 0.2) is 16.1 Å². The van der Waals surface area contributed by atoms with Crippen LogP contribution < -0.4 is 10.1 Å². The average molecular weight is 474 g/mol. The molecule has 0 aliphatic heterocycles. The molecular formula is C21H20ClN5O2S2. The van der Waals surface area contributed by atoms with Gasteiger partial charge < -0.3 is 14.6 Å². The number of carbonyl (C=O) groups excluding carboxylic acids is 1. The Labute approximate surface area is 192 Å². The summed E-state index contributed by atoms with van der Waals surface area (Å²) < 4.78 is 8.87. The van der Waals surface area contributed by atoms with Crippen LogP contribution in [0.15, 0.2) is 47.6 Å². The van der Waals surface area contributed by atoms with E-state index in [1.807, 2.05) is 54.8 Å². The highest BCUT2D eigenvalue weighted by Gasteiger charge is 2.15. The first-order chi connectivity index (χ1) is 15.0. The van der Waals surface area contributed by atoms with E-state index >= 15 is 0 Å². The van der Waals surface area contributed by atoms with E-state index in [-0.39, 0.29) is 18.3 Å². The third-order valence-electron chi connectivity index (χ3n) is 4.48. The van der Waals surface area contributed by atoms with Crippen LogP contribution >= 0.6 is 34.7 Å². The van der Waals surface area contributed by atoms with Crippen molar-refractivity contribution in [3.8, 4) is 5.75 Å². The van der Waals surface area contributed by atoms with Crippen LogP contribution in [0.3, 0.4) is 0 Å². The molecule has 0 saturated heterocycles. The second-order valence-electron chi connectivity index (χ2n) is 6.67. The van der Waals surface area contributed by atoms with E-state index in [0.29, 0.717) is 27.7 Å². The van der Waals surface area contributed by atoms with Crippen LogP contribution in [0.2, 0.25) is 5.02 Å². The van der Waals surface area contributed by atoms with Crippen molar-refractivity contribution in [2.75, 3.05) is 11.1 Å². The second kappa shape index (κ2) is 9.67. The van der Waals surface area contributed by atoms with Gasteiger partial charge in [-0.15, -0.1) is 10.2 Å². The van der Waals surface area contributed by atoms with Gasteiger partial charge in [-0.3, -0.25) is 4.79 Å². The van der Waals surface area contributed by atoms with Crippen LogP contribution in [0.1, 0.15) is 18.3 Å². The Morgan fingerprint density at radius 1 is 1.26 bits per heavy atom. The number of aromatic nitrogens is 4. The highest BCUT2D eigenvalue weighted by Crippen LogP contribution is 2.26. The van der Waals surface area contributed by atoms with Gasteiger partial charge in [-0.25, -0.2) is 4.98 Å². The minimum atomic E-state index is -0.135. The van der Waals surface area contributed by atoms with Crippen molar-refractivity contribution in [3.63, 3.8) is 0 Å². The number of thioether (sulfide) groups is 1. The van der Waals surface area contributed by atoms with Crippen molar-refractivity contribution in [2.24, 2.45) is 0 Å². The monoisotopic (exact) mass is 473 g/mol. The maximum Gasteiger partial charge on any atom is 0.236 e. The number of rotatable bonds is 8. The summed E-state index contributed by atoms with van der Waals surface area (Å²) in [5, 5.41) is 13.3. The first-order valence-electron chi connectivity index (χ1n) is 9.62. The Bertz CT molecular complexity index is 1190. The molecule has 0 aliphatic carbocycles. The normalized spacial score (nSPS) is 11.1. The van der Waals surface area contributed by atoms with Gasteiger partial charge in [0.25, 0.3) is 0 Å². The molecule has 0 unspecified atom stereocenters. The molecule has 160 valence electrons. The lowest BCUT2D eigenvalue weighted by atomic mass is 10.2. The first-order valence-corrected chi connectivity index (χ1v) is 11.8. The van der Waals surface area contributed by atoms with Gasteiger partial charge in [-0.1, -0.05) is 46.8 Å². The molecule has 0 aliphatic rings. The fourth-order valence-corrected chi connectivity index (χ4v) is 4.91. The minimum absolute atomic E-state index is 0.135. The number of nitrogens with zero attached hydrogens (tertiary/aromatic N) is 4. The van der Waals surface area contributed by atoms with Gasteiger partial charge in [0.1, 0.15) is 12.4 Å². The van der Waals surface area contributed by atoms with Gasteiger partial charge in [0.2, 0.25) is 5.91 Å². The Hall–Kier alpha value is -2.62. The number of hydrogen-bond donors (Lipinski definition) is 1. The Morgan fingerprint density at radius 3 is 2.87 bits per heavy atom. The zero-order valence-corrected chi connectivity index (χ0v) is 19.4. The van der Waals surface area contributed by atoms with E-state index < -0.39 is 0 Å². The molecule has 2 aromatic carbocycles. The van der Waals surface area contributed by atoms with Gasteiger partial charge in [0, 0.05) is 11.6 Å². The van der Waals surface area contributed by atoms with E-state index in [9.17, 15) is 4.79 Å². The molecule has 0 saturated carbocycles. The summed E-state index contributed by atoms with van der Waals surface area (Å²) in [5.74, 6) is 1.53. The Morgan fingerprint density at radius 2 is 2.10 bits per heavy atom. The summed E-state index contributed by atoms with van der Waals surface area (Å²) in [6, 6.07) is 13.3. The number of carbonyl (C=O) groups is 1. The number of para-hydroxylation sites is 1. The smallest absolute Gasteiger partial charge is 0.236 e. The van der Waals surface area contributed by atoms with E-state index in [1.54, 1.807) is 6.07 Å². The van der Waals surface area contributed by atoms with Crippen LogP contribution in [-0.2, 0) is 17.9 Å². The van der Waals surface area contributed by atoms with Gasteiger partial charge >= 0.3 is 0 Å². The summed E-state index contributed by atoms with van der Waals surface area (Å²) in [7, 11) is 0. The molecule has 4 rings (SSSR count). The van der Waals surface area contributed by atoms with Crippen molar-refractivity contribution in [3.05, 3.63) is 58.9 Å². The quantitative estimate of drug-likeness (QED) is 0.355. The average Bonchev–Trinajstić information content (AvgIpc) is 3.34. The SMILES string of the molecule is CCn1c(COc2ccc(Cl)cc2C)nnc1SCC(=O)Nc1nc2ccccc2s1. The van der Waals surface area contributed by atoms with Crippen molar-refractivity contribution < 1.29 is 9.53 Å². The zero-order valence-electron chi connectivity index (χ0n) is 17.0. The van der Waals surface area contributed by atoms with Gasteiger partial charge in [-0.05, 0) is 49.7 Å². The van der Waals surface area contributed by atoms with E-state index in [4.69, 9.17) is 16.3 Å². The summed E-state index contributed by atoms with van der Waals surface area (Å²) in [6.07, 6.45) is 0. The number of nitrogens with one attached hydrogen (secondary N) is 1. The summed E-state index contributed by atoms with van der Waals surface area (Å²) >= 11 is 8.79. The van der Waals surface area contributed by atoms with Crippen LogP contribution in [0.5, 0.6) is 5.75 Å². The van der Waals surface area contributed by atoms with Crippen LogP contribution in [0.4, 0.5) is 5.13 Å². The van der Waals surface area contributed by atoms with Gasteiger partial charge in [-0.2, -0.15) is 0 Å². The number of benzene rings is 2. The summed E-state index contributed by atoms with van der Waals surface area (Å²) in [4.78, 5) is 16.8. The predicted octanol–water partition coefficient (Wildman–Crippen LogP) is 5.18. The maximum atomic E-state index is 12.4. The number of fused-ring (bicyclic) bond motifs is 1.